The summed E-state index contributed by atoms with van der Waals surface area (Å²) < 4.78 is 22.8. The smallest absolute Gasteiger partial charge is 0.325 e. The van der Waals surface area contributed by atoms with Crippen LogP contribution in [0.4, 0.5) is 4.79 Å². The number of carbonyl (C=O) groups excluding carboxylic acids is 2. The standard InChI is InChI=1S/C22H23BrN2O6/c1-4-28-17-8-13(15(23)10-19(17)29-5-2)11-25-20(26)22(3,24-21(25)27)14-6-7-16-18(9-14)31-12-30-16/h6-10H,4-5,11-12H2,1-3H3,(H,24,27). The highest BCUT2D eigenvalue weighted by atomic mass is 79.9. The fourth-order valence-electron chi connectivity index (χ4n) is 3.65. The molecule has 1 saturated heterocycles. The first kappa shape index (κ1) is 21.3. The van der Waals surface area contributed by atoms with Crippen LogP contribution >= 0.6 is 15.9 Å². The van der Waals surface area contributed by atoms with Gasteiger partial charge in [0, 0.05) is 4.47 Å². The number of hydrogen-bond donors (Lipinski definition) is 1. The second-order valence-corrected chi connectivity index (χ2v) is 8.13. The third kappa shape index (κ3) is 3.78. The van der Waals surface area contributed by atoms with Crippen LogP contribution < -0.4 is 24.3 Å². The second-order valence-electron chi connectivity index (χ2n) is 7.27. The summed E-state index contributed by atoms with van der Waals surface area (Å²) in [7, 11) is 0. The van der Waals surface area contributed by atoms with Crippen molar-refractivity contribution >= 4 is 27.9 Å². The van der Waals surface area contributed by atoms with E-state index in [0.29, 0.717) is 41.8 Å². The molecule has 164 valence electrons. The minimum absolute atomic E-state index is 0.0812. The highest BCUT2D eigenvalue weighted by molar-refractivity contribution is 9.10. The molecule has 0 saturated carbocycles. The van der Waals surface area contributed by atoms with Gasteiger partial charge in [0.2, 0.25) is 6.79 Å². The topological polar surface area (TPSA) is 86.3 Å². The van der Waals surface area contributed by atoms with Crippen molar-refractivity contribution < 1.29 is 28.5 Å². The second kappa shape index (κ2) is 8.30. The summed E-state index contributed by atoms with van der Waals surface area (Å²) >= 11 is 3.52. The van der Waals surface area contributed by atoms with Crippen LogP contribution in [0.25, 0.3) is 0 Å². The van der Waals surface area contributed by atoms with E-state index in [1.807, 2.05) is 13.8 Å². The molecule has 4 rings (SSSR count). The van der Waals surface area contributed by atoms with Crippen molar-refractivity contribution in [2.45, 2.75) is 32.9 Å². The SMILES string of the molecule is CCOc1cc(Br)c(CN2C(=O)NC(C)(c3ccc4c(c3)OCO4)C2=O)cc1OCC. The third-order valence-corrected chi connectivity index (χ3v) is 6.00. The molecule has 9 heteroatoms. The van der Waals surface area contributed by atoms with Gasteiger partial charge >= 0.3 is 6.03 Å². The van der Waals surface area contributed by atoms with Crippen LogP contribution in [-0.4, -0.2) is 36.8 Å². The number of carbonyl (C=O) groups is 2. The minimum atomic E-state index is -1.21. The van der Waals surface area contributed by atoms with Crippen LogP contribution in [0.3, 0.4) is 0 Å². The van der Waals surface area contributed by atoms with E-state index >= 15 is 0 Å². The van der Waals surface area contributed by atoms with Crippen molar-refractivity contribution in [1.82, 2.24) is 10.2 Å². The molecule has 0 aromatic heterocycles. The van der Waals surface area contributed by atoms with Crippen LogP contribution in [0.2, 0.25) is 0 Å². The predicted octanol–water partition coefficient (Wildman–Crippen LogP) is 3.94. The zero-order valence-corrected chi connectivity index (χ0v) is 19.1. The Morgan fingerprint density at radius 1 is 1.06 bits per heavy atom. The molecule has 2 aromatic rings. The van der Waals surface area contributed by atoms with Crippen molar-refractivity contribution in [3.05, 3.63) is 45.9 Å². The van der Waals surface area contributed by atoms with Crippen LogP contribution in [0.1, 0.15) is 31.9 Å². The Balaban J connectivity index is 1.62. The molecule has 0 bridgehead atoms. The highest BCUT2D eigenvalue weighted by Crippen LogP contribution is 2.39. The molecule has 31 heavy (non-hydrogen) atoms. The number of benzene rings is 2. The molecule has 0 aliphatic carbocycles. The predicted molar refractivity (Wildman–Crippen MR) is 115 cm³/mol. The average molecular weight is 491 g/mol. The molecule has 0 spiro atoms. The fourth-order valence-corrected chi connectivity index (χ4v) is 4.10. The Morgan fingerprint density at radius 3 is 2.45 bits per heavy atom. The molecular formula is C22H23BrN2O6. The number of nitrogens with one attached hydrogen (secondary N) is 1. The maximum absolute atomic E-state index is 13.3. The molecule has 2 aliphatic rings. The Bertz CT molecular complexity index is 1040. The number of hydrogen-bond acceptors (Lipinski definition) is 6. The first-order valence-electron chi connectivity index (χ1n) is 9.99. The molecule has 1 N–H and O–H groups in total. The van der Waals surface area contributed by atoms with Gasteiger partial charge in [-0.3, -0.25) is 9.69 Å². The first-order chi connectivity index (χ1) is 14.9. The van der Waals surface area contributed by atoms with E-state index < -0.39 is 11.6 Å². The maximum Gasteiger partial charge on any atom is 0.325 e. The van der Waals surface area contributed by atoms with Gasteiger partial charge < -0.3 is 24.3 Å². The van der Waals surface area contributed by atoms with Crippen LogP contribution in [-0.2, 0) is 16.9 Å². The molecule has 2 aromatic carbocycles. The maximum atomic E-state index is 13.3. The molecule has 1 atom stereocenters. The molecule has 3 amide bonds. The van der Waals surface area contributed by atoms with Gasteiger partial charge in [-0.15, -0.1) is 0 Å². The normalized spacial score (nSPS) is 19.5. The molecule has 2 heterocycles. The van der Waals surface area contributed by atoms with Crippen LogP contribution in [0.15, 0.2) is 34.8 Å². The summed E-state index contributed by atoms with van der Waals surface area (Å²) in [5, 5.41) is 2.82. The summed E-state index contributed by atoms with van der Waals surface area (Å²) in [4.78, 5) is 27.3. The number of imide groups is 1. The summed E-state index contributed by atoms with van der Waals surface area (Å²) in [5.74, 6) is 1.98. The van der Waals surface area contributed by atoms with E-state index in [4.69, 9.17) is 18.9 Å². The van der Waals surface area contributed by atoms with Gasteiger partial charge in [0.05, 0.1) is 19.8 Å². The number of rotatable bonds is 7. The Morgan fingerprint density at radius 2 is 1.74 bits per heavy atom. The Hall–Kier alpha value is -2.94. The Labute approximate surface area is 188 Å². The molecule has 8 nitrogen and oxygen atoms in total. The lowest BCUT2D eigenvalue weighted by molar-refractivity contribution is -0.131. The van der Waals surface area contributed by atoms with Gasteiger partial charge in [-0.2, -0.15) is 0 Å². The quantitative estimate of drug-likeness (QED) is 0.591. The molecule has 0 radical (unpaired) electrons. The summed E-state index contributed by atoms with van der Waals surface area (Å²) in [5.41, 5.74) is 0.141. The number of amides is 3. The average Bonchev–Trinajstić information content (AvgIpc) is 3.29. The zero-order valence-electron chi connectivity index (χ0n) is 17.5. The molecular weight excluding hydrogens is 468 g/mol. The third-order valence-electron chi connectivity index (χ3n) is 5.27. The van der Waals surface area contributed by atoms with Gasteiger partial charge in [0.25, 0.3) is 5.91 Å². The fraction of sp³-hybridized carbons (Fsp3) is 0.364. The van der Waals surface area contributed by atoms with E-state index in [9.17, 15) is 9.59 Å². The minimum Gasteiger partial charge on any atom is -0.490 e. The Kier molecular flexibility index (Phi) is 5.70. The molecule has 1 fully saturated rings. The molecule has 2 aliphatic heterocycles. The number of nitrogens with zero attached hydrogens (tertiary/aromatic N) is 1. The number of ether oxygens (including phenoxy) is 4. The molecule has 1 unspecified atom stereocenters. The number of urea groups is 1. The number of halogens is 1. The van der Waals surface area contributed by atoms with Gasteiger partial charge in [-0.25, -0.2) is 4.79 Å². The van der Waals surface area contributed by atoms with E-state index in [-0.39, 0.29) is 19.2 Å². The lowest BCUT2D eigenvalue weighted by Gasteiger charge is -2.23. The number of fused-ring (bicyclic) bond motifs is 1. The van der Waals surface area contributed by atoms with E-state index in [1.54, 1.807) is 37.3 Å². The summed E-state index contributed by atoms with van der Waals surface area (Å²) in [6.07, 6.45) is 0. The lowest BCUT2D eigenvalue weighted by Crippen LogP contribution is -2.40. The summed E-state index contributed by atoms with van der Waals surface area (Å²) in [6.45, 7) is 6.63. The van der Waals surface area contributed by atoms with Crippen LogP contribution in [0, 0.1) is 0 Å². The van der Waals surface area contributed by atoms with Crippen molar-refractivity contribution in [2.24, 2.45) is 0 Å². The van der Waals surface area contributed by atoms with E-state index in [2.05, 4.69) is 21.2 Å². The van der Waals surface area contributed by atoms with Crippen molar-refractivity contribution in [1.29, 1.82) is 0 Å². The van der Waals surface area contributed by atoms with Gasteiger partial charge in [-0.1, -0.05) is 22.0 Å². The van der Waals surface area contributed by atoms with Crippen molar-refractivity contribution in [3.8, 4) is 23.0 Å². The lowest BCUT2D eigenvalue weighted by atomic mass is 9.91. The van der Waals surface area contributed by atoms with Gasteiger partial charge in [-0.05, 0) is 56.2 Å². The highest BCUT2D eigenvalue weighted by Gasteiger charge is 2.49. The zero-order chi connectivity index (χ0) is 22.2. The monoisotopic (exact) mass is 490 g/mol. The van der Waals surface area contributed by atoms with E-state index in [0.717, 1.165) is 10.0 Å². The largest absolute Gasteiger partial charge is 0.490 e. The van der Waals surface area contributed by atoms with Crippen molar-refractivity contribution in [3.63, 3.8) is 0 Å². The van der Waals surface area contributed by atoms with Gasteiger partial charge in [0.1, 0.15) is 5.54 Å². The van der Waals surface area contributed by atoms with Gasteiger partial charge in [0.15, 0.2) is 23.0 Å². The summed E-state index contributed by atoms with van der Waals surface area (Å²) in [6, 6.07) is 8.33. The van der Waals surface area contributed by atoms with Crippen LogP contribution in [0.5, 0.6) is 23.0 Å². The van der Waals surface area contributed by atoms with E-state index in [1.165, 1.54) is 4.90 Å². The van der Waals surface area contributed by atoms with Crippen molar-refractivity contribution in [2.75, 3.05) is 20.0 Å². The first-order valence-corrected chi connectivity index (χ1v) is 10.8.